The van der Waals surface area contributed by atoms with Crippen LogP contribution < -0.4 is 5.32 Å². The molecule has 0 atom stereocenters. The lowest BCUT2D eigenvalue weighted by Gasteiger charge is -2.40. The Morgan fingerprint density at radius 3 is 2.30 bits per heavy atom. The van der Waals surface area contributed by atoms with E-state index in [2.05, 4.69) is 45.0 Å². The molecule has 1 saturated carbocycles. The van der Waals surface area contributed by atoms with E-state index < -0.39 is 0 Å². The molecule has 0 amide bonds. The van der Waals surface area contributed by atoms with E-state index in [1.54, 1.807) is 0 Å². The SMILES string of the molecule is CCC(CC)(CNCC(C)C)CN(C)CC1CC(O)C1. The van der Waals surface area contributed by atoms with Crippen molar-refractivity contribution >= 4 is 0 Å². The molecule has 0 unspecified atom stereocenters. The summed E-state index contributed by atoms with van der Waals surface area (Å²) in [4.78, 5) is 2.49. The fraction of sp³-hybridized carbons (Fsp3) is 1.00. The van der Waals surface area contributed by atoms with Crippen LogP contribution >= 0.6 is 0 Å². The lowest BCUT2D eigenvalue weighted by Crippen LogP contribution is -2.46. The molecule has 1 fully saturated rings. The number of nitrogens with zero attached hydrogens (tertiary/aromatic N) is 1. The van der Waals surface area contributed by atoms with Crippen molar-refractivity contribution in [2.45, 2.75) is 59.5 Å². The van der Waals surface area contributed by atoms with Gasteiger partial charge in [0.1, 0.15) is 0 Å². The summed E-state index contributed by atoms with van der Waals surface area (Å²) in [5.74, 6) is 1.43. The predicted molar refractivity (Wildman–Crippen MR) is 87.0 cm³/mol. The average Bonchev–Trinajstić information content (AvgIpc) is 2.35. The van der Waals surface area contributed by atoms with Gasteiger partial charge in [0.05, 0.1) is 6.10 Å². The number of hydrogen-bond donors (Lipinski definition) is 2. The molecule has 3 nitrogen and oxygen atoms in total. The van der Waals surface area contributed by atoms with E-state index in [1.807, 2.05) is 0 Å². The lowest BCUT2D eigenvalue weighted by molar-refractivity contribution is 0.0208. The molecule has 3 heteroatoms. The van der Waals surface area contributed by atoms with Crippen LogP contribution in [0.3, 0.4) is 0 Å². The fourth-order valence-corrected chi connectivity index (χ4v) is 3.33. The van der Waals surface area contributed by atoms with Crippen LogP contribution in [0.2, 0.25) is 0 Å². The maximum atomic E-state index is 9.40. The highest BCUT2D eigenvalue weighted by Gasteiger charge is 2.31. The molecule has 0 aromatic carbocycles. The van der Waals surface area contributed by atoms with Gasteiger partial charge in [0.15, 0.2) is 0 Å². The quantitative estimate of drug-likeness (QED) is 0.647. The monoisotopic (exact) mass is 284 g/mol. The van der Waals surface area contributed by atoms with Crippen LogP contribution in [0.25, 0.3) is 0 Å². The van der Waals surface area contributed by atoms with Gasteiger partial charge in [-0.1, -0.05) is 27.7 Å². The molecule has 1 aliphatic carbocycles. The molecule has 0 spiro atoms. The summed E-state index contributed by atoms with van der Waals surface area (Å²) in [7, 11) is 2.24. The highest BCUT2D eigenvalue weighted by Crippen LogP contribution is 2.30. The molecular weight excluding hydrogens is 248 g/mol. The zero-order valence-corrected chi connectivity index (χ0v) is 14.3. The van der Waals surface area contributed by atoms with Crippen molar-refractivity contribution in [1.29, 1.82) is 0 Å². The third-order valence-corrected chi connectivity index (χ3v) is 4.94. The van der Waals surface area contributed by atoms with Crippen LogP contribution in [-0.4, -0.2) is 49.3 Å². The van der Waals surface area contributed by atoms with Crippen LogP contribution in [0.4, 0.5) is 0 Å². The van der Waals surface area contributed by atoms with Crippen molar-refractivity contribution < 1.29 is 5.11 Å². The Morgan fingerprint density at radius 1 is 1.25 bits per heavy atom. The van der Waals surface area contributed by atoms with Crippen LogP contribution in [0.15, 0.2) is 0 Å². The van der Waals surface area contributed by atoms with Crippen LogP contribution in [0.5, 0.6) is 0 Å². The van der Waals surface area contributed by atoms with E-state index in [0.717, 1.165) is 44.9 Å². The zero-order valence-electron chi connectivity index (χ0n) is 14.3. The first-order chi connectivity index (χ1) is 9.40. The number of rotatable bonds is 10. The minimum absolute atomic E-state index is 0.0248. The van der Waals surface area contributed by atoms with Gasteiger partial charge in [-0.3, -0.25) is 0 Å². The highest BCUT2D eigenvalue weighted by molar-refractivity contribution is 4.85. The second-order valence-electron chi connectivity index (χ2n) is 7.42. The summed E-state index contributed by atoms with van der Waals surface area (Å²) in [6.07, 6.45) is 4.43. The second-order valence-corrected chi connectivity index (χ2v) is 7.42. The van der Waals surface area contributed by atoms with E-state index in [4.69, 9.17) is 0 Å². The standard InChI is InChI=1S/C17H36N2O/c1-6-17(7-2,12-18-10-14(3)4)13-19(5)11-15-8-16(20)9-15/h14-16,18,20H,6-13H2,1-5H3. The number of aliphatic hydroxyl groups is 1. The van der Waals surface area contributed by atoms with E-state index in [9.17, 15) is 5.11 Å². The first kappa shape index (κ1) is 17.9. The van der Waals surface area contributed by atoms with Gasteiger partial charge in [0, 0.05) is 19.6 Å². The van der Waals surface area contributed by atoms with Crippen molar-refractivity contribution in [2.24, 2.45) is 17.3 Å². The smallest absolute Gasteiger partial charge is 0.0546 e. The van der Waals surface area contributed by atoms with Gasteiger partial charge in [0.25, 0.3) is 0 Å². The van der Waals surface area contributed by atoms with Gasteiger partial charge in [0.2, 0.25) is 0 Å². The summed E-state index contributed by atoms with van der Waals surface area (Å²) >= 11 is 0. The molecule has 1 rings (SSSR count). The molecule has 20 heavy (non-hydrogen) atoms. The second kappa shape index (κ2) is 8.35. The van der Waals surface area contributed by atoms with Crippen molar-refractivity contribution in [1.82, 2.24) is 10.2 Å². The number of aliphatic hydroxyl groups excluding tert-OH is 1. The van der Waals surface area contributed by atoms with E-state index in [0.29, 0.717) is 11.3 Å². The highest BCUT2D eigenvalue weighted by atomic mass is 16.3. The van der Waals surface area contributed by atoms with Crippen LogP contribution in [0.1, 0.15) is 53.4 Å². The Morgan fingerprint density at radius 2 is 1.85 bits per heavy atom. The van der Waals surface area contributed by atoms with Crippen molar-refractivity contribution in [3.63, 3.8) is 0 Å². The molecule has 0 aromatic heterocycles. The summed E-state index contributed by atoms with van der Waals surface area (Å²) in [5.41, 5.74) is 0.395. The fourth-order valence-electron chi connectivity index (χ4n) is 3.33. The lowest BCUT2D eigenvalue weighted by atomic mass is 9.79. The number of nitrogens with one attached hydrogen (secondary N) is 1. The molecule has 0 heterocycles. The van der Waals surface area contributed by atoms with Gasteiger partial charge in [-0.05, 0) is 56.5 Å². The largest absolute Gasteiger partial charge is 0.393 e. The third-order valence-electron chi connectivity index (χ3n) is 4.94. The minimum atomic E-state index is -0.0248. The van der Waals surface area contributed by atoms with Gasteiger partial charge in [-0.25, -0.2) is 0 Å². The molecule has 0 bridgehead atoms. The van der Waals surface area contributed by atoms with Crippen molar-refractivity contribution in [3.05, 3.63) is 0 Å². The maximum Gasteiger partial charge on any atom is 0.0546 e. The van der Waals surface area contributed by atoms with Gasteiger partial charge in [-0.2, -0.15) is 0 Å². The molecule has 1 aliphatic rings. The molecule has 0 saturated heterocycles. The van der Waals surface area contributed by atoms with Crippen LogP contribution in [-0.2, 0) is 0 Å². The van der Waals surface area contributed by atoms with Gasteiger partial charge < -0.3 is 15.3 Å². The molecule has 0 aromatic rings. The van der Waals surface area contributed by atoms with Crippen molar-refractivity contribution in [2.75, 3.05) is 33.2 Å². The Bertz CT molecular complexity index is 258. The van der Waals surface area contributed by atoms with Gasteiger partial charge >= 0.3 is 0 Å². The Balaban J connectivity index is 2.38. The Kier molecular flexibility index (Phi) is 7.49. The van der Waals surface area contributed by atoms with E-state index >= 15 is 0 Å². The maximum absolute atomic E-state index is 9.40. The first-order valence-corrected chi connectivity index (χ1v) is 8.48. The molecular formula is C17H36N2O. The Hall–Kier alpha value is -0.120. The summed E-state index contributed by atoms with van der Waals surface area (Å²) in [6, 6.07) is 0. The van der Waals surface area contributed by atoms with Crippen molar-refractivity contribution in [3.8, 4) is 0 Å². The normalized spacial score (nSPS) is 23.4. The zero-order chi connectivity index (χ0) is 15.2. The predicted octanol–water partition coefficient (Wildman–Crippen LogP) is 2.74. The molecule has 0 aliphatic heterocycles. The molecule has 2 N–H and O–H groups in total. The molecule has 120 valence electrons. The average molecular weight is 284 g/mol. The molecule has 0 radical (unpaired) electrons. The Labute approximate surface area is 126 Å². The summed E-state index contributed by atoms with van der Waals surface area (Å²) in [6.45, 7) is 13.7. The minimum Gasteiger partial charge on any atom is -0.393 e. The summed E-state index contributed by atoms with van der Waals surface area (Å²) in [5, 5.41) is 13.1. The van der Waals surface area contributed by atoms with E-state index in [1.165, 1.54) is 12.8 Å². The number of hydrogen-bond acceptors (Lipinski definition) is 3. The third kappa shape index (κ3) is 5.71. The van der Waals surface area contributed by atoms with Crippen LogP contribution in [0, 0.1) is 17.3 Å². The van der Waals surface area contributed by atoms with Gasteiger partial charge in [-0.15, -0.1) is 0 Å². The summed E-state index contributed by atoms with van der Waals surface area (Å²) < 4.78 is 0. The first-order valence-electron chi connectivity index (χ1n) is 8.48. The van der Waals surface area contributed by atoms with E-state index in [-0.39, 0.29) is 6.10 Å². The topological polar surface area (TPSA) is 35.5 Å².